The van der Waals surface area contributed by atoms with E-state index in [-0.39, 0.29) is 11.8 Å². The molecule has 0 saturated carbocycles. The molecule has 0 heterocycles. The van der Waals surface area contributed by atoms with Gasteiger partial charge in [-0.1, -0.05) is 31.0 Å². The van der Waals surface area contributed by atoms with Gasteiger partial charge in [-0.05, 0) is 42.8 Å². The third-order valence-corrected chi connectivity index (χ3v) is 3.91. The predicted octanol–water partition coefficient (Wildman–Crippen LogP) is 4.13. The number of anilines is 1. The van der Waals surface area contributed by atoms with Gasteiger partial charge >= 0.3 is 0 Å². The Balaban J connectivity index is 2.08. The van der Waals surface area contributed by atoms with Crippen molar-refractivity contribution >= 4 is 29.1 Å². The number of ether oxygens (including phenoxy) is 1. The van der Waals surface area contributed by atoms with Gasteiger partial charge in [-0.25, -0.2) is 0 Å². The average molecular weight is 361 g/mol. The molecule has 2 aromatic carbocycles. The second-order valence-corrected chi connectivity index (χ2v) is 5.90. The quantitative estimate of drug-likeness (QED) is 0.729. The highest BCUT2D eigenvalue weighted by Crippen LogP contribution is 2.27. The van der Waals surface area contributed by atoms with Gasteiger partial charge in [-0.15, -0.1) is 0 Å². The molecule has 5 nitrogen and oxygen atoms in total. The van der Waals surface area contributed by atoms with Crippen molar-refractivity contribution in [3.8, 4) is 5.75 Å². The average Bonchev–Trinajstić information content (AvgIpc) is 2.62. The van der Waals surface area contributed by atoms with Crippen LogP contribution in [0.15, 0.2) is 42.5 Å². The zero-order valence-corrected chi connectivity index (χ0v) is 15.0. The zero-order chi connectivity index (χ0) is 18.2. The van der Waals surface area contributed by atoms with Crippen LogP contribution in [0.4, 0.5) is 5.69 Å². The zero-order valence-electron chi connectivity index (χ0n) is 14.3. The maximum atomic E-state index is 12.4. The van der Waals surface area contributed by atoms with E-state index >= 15 is 0 Å². The summed E-state index contributed by atoms with van der Waals surface area (Å²) < 4.78 is 5.08. The summed E-state index contributed by atoms with van der Waals surface area (Å²) in [5, 5.41) is 6.00. The van der Waals surface area contributed by atoms with Crippen molar-refractivity contribution in [3.05, 3.63) is 58.6 Å². The fraction of sp³-hybridized carbons (Fsp3) is 0.263. The third-order valence-electron chi connectivity index (χ3n) is 3.61. The Morgan fingerprint density at radius 1 is 1.08 bits per heavy atom. The number of unbranched alkanes of at least 4 members (excludes halogenated alkanes) is 1. The molecule has 0 spiro atoms. The maximum absolute atomic E-state index is 12.4. The maximum Gasteiger partial charge on any atom is 0.255 e. The number of benzene rings is 2. The Labute approximate surface area is 152 Å². The van der Waals surface area contributed by atoms with Gasteiger partial charge in [0.15, 0.2) is 0 Å². The van der Waals surface area contributed by atoms with Gasteiger partial charge in [0.1, 0.15) is 5.75 Å². The van der Waals surface area contributed by atoms with Gasteiger partial charge < -0.3 is 15.4 Å². The molecule has 25 heavy (non-hydrogen) atoms. The molecule has 0 fully saturated rings. The lowest BCUT2D eigenvalue weighted by Gasteiger charge is -2.09. The number of carbonyl (C=O) groups is 2. The molecule has 0 aromatic heterocycles. The molecule has 132 valence electrons. The number of hydrogen-bond acceptors (Lipinski definition) is 3. The van der Waals surface area contributed by atoms with Crippen LogP contribution in [0.2, 0.25) is 5.02 Å². The summed E-state index contributed by atoms with van der Waals surface area (Å²) in [6.07, 6.45) is 1.93. The molecular weight excluding hydrogens is 340 g/mol. The summed E-state index contributed by atoms with van der Waals surface area (Å²) in [4.78, 5) is 24.5. The van der Waals surface area contributed by atoms with E-state index in [0.717, 1.165) is 12.8 Å². The minimum atomic E-state index is -0.315. The highest BCUT2D eigenvalue weighted by molar-refractivity contribution is 6.32. The summed E-state index contributed by atoms with van der Waals surface area (Å²) in [5.41, 5.74) is 1.40. The lowest BCUT2D eigenvalue weighted by Crippen LogP contribution is -2.24. The van der Waals surface area contributed by atoms with Crippen molar-refractivity contribution in [1.82, 2.24) is 5.32 Å². The van der Waals surface area contributed by atoms with E-state index in [1.54, 1.807) is 42.5 Å². The predicted molar refractivity (Wildman–Crippen MR) is 99.6 cm³/mol. The molecule has 0 atom stereocenters. The molecular formula is C19H21ClN2O3. The van der Waals surface area contributed by atoms with Gasteiger partial charge in [0.2, 0.25) is 0 Å². The number of hydrogen-bond donors (Lipinski definition) is 2. The number of carbonyl (C=O) groups excluding carboxylic acids is 2. The lowest BCUT2D eigenvalue weighted by molar-refractivity contribution is 0.0953. The Kier molecular flexibility index (Phi) is 6.83. The Morgan fingerprint density at radius 2 is 1.80 bits per heavy atom. The van der Waals surface area contributed by atoms with Crippen molar-refractivity contribution < 1.29 is 14.3 Å². The lowest BCUT2D eigenvalue weighted by atomic mass is 10.1. The van der Waals surface area contributed by atoms with Crippen LogP contribution in [0.25, 0.3) is 0 Å². The Bertz CT molecular complexity index is 762. The van der Waals surface area contributed by atoms with Crippen molar-refractivity contribution in [1.29, 1.82) is 0 Å². The van der Waals surface area contributed by atoms with E-state index < -0.39 is 0 Å². The number of halogens is 1. The third kappa shape index (κ3) is 5.22. The first-order chi connectivity index (χ1) is 12.0. The highest BCUT2D eigenvalue weighted by atomic mass is 35.5. The number of amides is 2. The summed E-state index contributed by atoms with van der Waals surface area (Å²) in [7, 11) is 1.52. The van der Waals surface area contributed by atoms with E-state index in [1.165, 1.54) is 7.11 Å². The Morgan fingerprint density at radius 3 is 2.44 bits per heavy atom. The van der Waals surface area contributed by atoms with E-state index in [4.69, 9.17) is 16.3 Å². The summed E-state index contributed by atoms with van der Waals surface area (Å²) >= 11 is 6.06. The van der Waals surface area contributed by atoms with E-state index in [9.17, 15) is 9.59 Å². The highest BCUT2D eigenvalue weighted by Gasteiger charge is 2.11. The minimum Gasteiger partial charge on any atom is -0.495 e. The summed E-state index contributed by atoms with van der Waals surface area (Å²) in [6, 6.07) is 11.6. The molecule has 2 amide bonds. The first-order valence-electron chi connectivity index (χ1n) is 8.08. The van der Waals surface area contributed by atoms with E-state index in [1.807, 2.05) is 0 Å². The van der Waals surface area contributed by atoms with Crippen LogP contribution in [0, 0.1) is 0 Å². The molecule has 0 radical (unpaired) electrons. The molecule has 0 bridgehead atoms. The van der Waals surface area contributed by atoms with Crippen molar-refractivity contribution in [2.45, 2.75) is 19.8 Å². The Hall–Kier alpha value is -2.53. The molecule has 0 aliphatic carbocycles. The molecule has 2 rings (SSSR count). The first kappa shape index (κ1) is 18.8. The SMILES string of the molecule is CCCCNC(=O)c1cccc(C(=O)Nc2ccc(OC)c(Cl)c2)c1. The first-order valence-corrected chi connectivity index (χ1v) is 8.46. The molecule has 0 saturated heterocycles. The molecule has 2 N–H and O–H groups in total. The van der Waals surface area contributed by atoms with Crippen LogP contribution in [-0.4, -0.2) is 25.5 Å². The van der Waals surface area contributed by atoms with Gasteiger partial charge in [0, 0.05) is 23.4 Å². The van der Waals surface area contributed by atoms with Crippen molar-refractivity contribution in [3.63, 3.8) is 0 Å². The largest absolute Gasteiger partial charge is 0.495 e. The van der Waals surface area contributed by atoms with Gasteiger partial charge in [-0.2, -0.15) is 0 Å². The summed E-state index contributed by atoms with van der Waals surface area (Å²) in [6.45, 7) is 2.68. The van der Waals surface area contributed by atoms with Gasteiger partial charge in [-0.3, -0.25) is 9.59 Å². The van der Waals surface area contributed by atoms with Crippen molar-refractivity contribution in [2.24, 2.45) is 0 Å². The second-order valence-electron chi connectivity index (χ2n) is 5.49. The second kappa shape index (κ2) is 9.08. The molecule has 0 aliphatic heterocycles. The normalized spacial score (nSPS) is 10.2. The van der Waals surface area contributed by atoms with Gasteiger partial charge in [0.25, 0.3) is 11.8 Å². The number of methoxy groups -OCH3 is 1. The molecule has 0 aliphatic rings. The fourth-order valence-corrected chi connectivity index (χ4v) is 2.49. The molecule has 6 heteroatoms. The van der Waals surface area contributed by atoms with Crippen molar-refractivity contribution in [2.75, 3.05) is 19.0 Å². The van der Waals surface area contributed by atoms with Crippen LogP contribution < -0.4 is 15.4 Å². The van der Waals surface area contributed by atoms with Crippen LogP contribution in [-0.2, 0) is 0 Å². The fourth-order valence-electron chi connectivity index (χ4n) is 2.23. The monoisotopic (exact) mass is 360 g/mol. The topological polar surface area (TPSA) is 67.4 Å². The van der Waals surface area contributed by atoms with E-state index in [2.05, 4.69) is 17.6 Å². The van der Waals surface area contributed by atoms with E-state index in [0.29, 0.717) is 34.1 Å². The smallest absolute Gasteiger partial charge is 0.255 e. The number of nitrogens with one attached hydrogen (secondary N) is 2. The van der Waals surface area contributed by atoms with Gasteiger partial charge in [0.05, 0.1) is 12.1 Å². The van der Waals surface area contributed by atoms with Crippen LogP contribution in [0.5, 0.6) is 5.75 Å². The van der Waals surface area contributed by atoms with Crippen LogP contribution >= 0.6 is 11.6 Å². The summed E-state index contributed by atoms with van der Waals surface area (Å²) in [5.74, 6) is 0.0328. The van der Waals surface area contributed by atoms with Crippen LogP contribution in [0.1, 0.15) is 40.5 Å². The molecule has 2 aromatic rings. The van der Waals surface area contributed by atoms with Crippen LogP contribution in [0.3, 0.4) is 0 Å². The molecule has 0 unspecified atom stereocenters. The number of rotatable bonds is 7. The minimum absolute atomic E-state index is 0.185. The standard InChI is InChI=1S/C19H21ClN2O3/c1-3-4-10-21-18(23)13-6-5-7-14(11-13)19(24)22-15-8-9-17(25-2)16(20)12-15/h5-9,11-12H,3-4,10H2,1-2H3,(H,21,23)(H,22,24).